The summed E-state index contributed by atoms with van der Waals surface area (Å²) in [5.41, 5.74) is 2.72. The summed E-state index contributed by atoms with van der Waals surface area (Å²) in [6, 6.07) is 19.7. The number of aryl methyl sites for hydroxylation is 1. The summed E-state index contributed by atoms with van der Waals surface area (Å²) in [5, 5.41) is 0.605. The minimum atomic E-state index is -0.178. The highest BCUT2D eigenvalue weighted by Crippen LogP contribution is 2.36. The predicted octanol–water partition coefficient (Wildman–Crippen LogP) is 5.07. The van der Waals surface area contributed by atoms with Gasteiger partial charge < -0.3 is 0 Å². The van der Waals surface area contributed by atoms with Gasteiger partial charge in [0.1, 0.15) is 10.7 Å². The van der Waals surface area contributed by atoms with Crippen molar-refractivity contribution in [3.8, 4) is 11.4 Å². The molecule has 0 radical (unpaired) electrons. The molecule has 2 heterocycles. The van der Waals surface area contributed by atoms with Gasteiger partial charge in [0, 0.05) is 5.56 Å². The van der Waals surface area contributed by atoms with Crippen LogP contribution in [0.2, 0.25) is 0 Å². The molecular formula is C23H17BrN2O2S. The van der Waals surface area contributed by atoms with Crippen LogP contribution in [0.3, 0.4) is 0 Å². The van der Waals surface area contributed by atoms with E-state index in [0.717, 1.165) is 16.7 Å². The smallest absolute Gasteiger partial charge is 0.263 e. The van der Waals surface area contributed by atoms with Gasteiger partial charge in [-0.05, 0) is 24.0 Å². The van der Waals surface area contributed by atoms with Crippen molar-refractivity contribution in [3.63, 3.8) is 0 Å². The topological polar surface area (TPSA) is 52.0 Å². The number of fused-ring (bicyclic) bond motifs is 3. The van der Waals surface area contributed by atoms with Crippen molar-refractivity contribution in [1.29, 1.82) is 0 Å². The number of Topliss-reactive ketones (excluding diaryl/α,β-unsaturated/α-hetero) is 1. The average molecular weight is 465 g/mol. The molecule has 2 aromatic carbocycles. The molecular weight excluding hydrogens is 448 g/mol. The highest BCUT2D eigenvalue weighted by atomic mass is 79.9. The fourth-order valence-corrected chi connectivity index (χ4v) is 5.66. The summed E-state index contributed by atoms with van der Waals surface area (Å²) in [6.07, 6.45) is 1.42. The van der Waals surface area contributed by atoms with Crippen molar-refractivity contribution < 1.29 is 4.79 Å². The SMILES string of the molecule is O=C1c2sc3nc(-c4ccccc4)n(Cc4ccccc4)c(=O)c3c2CCC1Br. The molecule has 0 aliphatic heterocycles. The van der Waals surface area contributed by atoms with E-state index < -0.39 is 0 Å². The summed E-state index contributed by atoms with van der Waals surface area (Å²) in [6.45, 7) is 0.437. The highest BCUT2D eigenvalue weighted by molar-refractivity contribution is 9.10. The molecule has 4 nitrogen and oxygen atoms in total. The van der Waals surface area contributed by atoms with E-state index in [-0.39, 0.29) is 16.2 Å². The van der Waals surface area contributed by atoms with Gasteiger partial charge in [0.2, 0.25) is 0 Å². The van der Waals surface area contributed by atoms with Crippen molar-refractivity contribution in [3.05, 3.63) is 87.0 Å². The molecule has 4 aromatic rings. The van der Waals surface area contributed by atoms with Gasteiger partial charge in [-0.25, -0.2) is 4.98 Å². The molecule has 1 aliphatic rings. The van der Waals surface area contributed by atoms with E-state index in [0.29, 0.717) is 40.3 Å². The lowest BCUT2D eigenvalue weighted by Gasteiger charge is -2.16. The second kappa shape index (κ2) is 7.35. The lowest BCUT2D eigenvalue weighted by atomic mass is 9.96. The Morgan fingerprint density at radius 2 is 1.72 bits per heavy atom. The zero-order valence-electron chi connectivity index (χ0n) is 15.5. The van der Waals surface area contributed by atoms with Crippen LogP contribution in [0, 0.1) is 0 Å². The number of ketones is 1. The van der Waals surface area contributed by atoms with E-state index in [1.807, 2.05) is 60.7 Å². The number of hydrogen-bond acceptors (Lipinski definition) is 4. The number of thiophene rings is 1. The third-order valence-electron chi connectivity index (χ3n) is 5.28. The van der Waals surface area contributed by atoms with E-state index >= 15 is 0 Å². The van der Waals surface area contributed by atoms with Crippen LogP contribution in [0.1, 0.15) is 27.2 Å². The van der Waals surface area contributed by atoms with Crippen LogP contribution in [0.4, 0.5) is 0 Å². The summed E-state index contributed by atoms with van der Waals surface area (Å²) < 4.78 is 1.74. The van der Waals surface area contributed by atoms with E-state index in [9.17, 15) is 9.59 Å². The molecule has 0 N–H and O–H groups in total. The fourth-order valence-electron chi connectivity index (χ4n) is 3.84. The Balaban J connectivity index is 1.79. The van der Waals surface area contributed by atoms with Crippen molar-refractivity contribution in [2.75, 3.05) is 0 Å². The average Bonchev–Trinajstić information content (AvgIpc) is 3.13. The summed E-state index contributed by atoms with van der Waals surface area (Å²) in [4.78, 5) is 32.3. The maximum Gasteiger partial charge on any atom is 0.263 e. The number of hydrogen-bond donors (Lipinski definition) is 0. The van der Waals surface area contributed by atoms with Crippen LogP contribution >= 0.6 is 27.3 Å². The van der Waals surface area contributed by atoms with Gasteiger partial charge in [-0.1, -0.05) is 76.6 Å². The van der Waals surface area contributed by atoms with Crippen LogP contribution < -0.4 is 5.56 Å². The van der Waals surface area contributed by atoms with Crippen molar-refractivity contribution in [2.45, 2.75) is 24.2 Å². The van der Waals surface area contributed by atoms with Crippen molar-refractivity contribution >= 4 is 43.3 Å². The normalized spacial score (nSPS) is 16.2. The third-order valence-corrected chi connectivity index (χ3v) is 7.30. The molecule has 0 saturated heterocycles. The molecule has 0 saturated carbocycles. The Labute approximate surface area is 180 Å². The van der Waals surface area contributed by atoms with Crippen molar-refractivity contribution in [2.24, 2.45) is 0 Å². The third kappa shape index (κ3) is 3.16. The Kier molecular flexibility index (Phi) is 4.68. The number of nitrogens with zero attached hydrogens (tertiary/aromatic N) is 2. The molecule has 0 amide bonds. The molecule has 0 spiro atoms. The molecule has 0 fully saturated rings. The first-order valence-corrected chi connectivity index (χ1v) is 11.2. The number of alkyl halides is 1. The molecule has 0 bridgehead atoms. The van der Waals surface area contributed by atoms with Crippen molar-refractivity contribution in [1.82, 2.24) is 9.55 Å². The minimum absolute atomic E-state index is 0.0597. The van der Waals surface area contributed by atoms with Crippen LogP contribution in [-0.4, -0.2) is 20.2 Å². The van der Waals surface area contributed by atoms with E-state index in [1.165, 1.54) is 11.3 Å². The number of carbonyl (C=O) groups excluding carboxylic acids is 1. The van der Waals surface area contributed by atoms with Gasteiger partial charge >= 0.3 is 0 Å². The Hall–Kier alpha value is -2.57. The number of rotatable bonds is 3. The number of halogens is 1. The standard InChI is InChI=1S/C23H17BrN2O2S/c24-17-12-11-16-18-22(29-20(16)19(17)27)25-21(15-9-5-2-6-10-15)26(23(18)28)13-14-7-3-1-4-8-14/h1-10,17H,11-13H2. The maximum absolute atomic E-state index is 13.7. The summed E-state index contributed by atoms with van der Waals surface area (Å²) in [5.74, 6) is 0.693. The number of aromatic nitrogens is 2. The maximum atomic E-state index is 13.7. The quantitative estimate of drug-likeness (QED) is 0.397. The molecule has 2 aromatic heterocycles. The van der Waals surface area contributed by atoms with E-state index in [1.54, 1.807) is 4.57 Å². The molecule has 6 heteroatoms. The van der Waals surface area contributed by atoms with Crippen LogP contribution in [0.25, 0.3) is 21.6 Å². The highest BCUT2D eigenvalue weighted by Gasteiger charge is 2.31. The first-order chi connectivity index (χ1) is 14.1. The second-order valence-electron chi connectivity index (χ2n) is 7.14. The molecule has 1 atom stereocenters. The van der Waals surface area contributed by atoms with Gasteiger partial charge in [0.25, 0.3) is 5.56 Å². The first-order valence-electron chi connectivity index (χ1n) is 9.47. The van der Waals surface area contributed by atoms with Gasteiger partial charge in [-0.15, -0.1) is 11.3 Å². The van der Waals surface area contributed by atoms with Crippen LogP contribution in [-0.2, 0) is 13.0 Å². The first kappa shape index (κ1) is 18.5. The Bertz CT molecular complexity index is 1280. The van der Waals surface area contributed by atoms with Gasteiger partial charge in [-0.3, -0.25) is 14.2 Å². The molecule has 144 valence electrons. The largest absolute Gasteiger partial charge is 0.292 e. The van der Waals surface area contributed by atoms with Gasteiger partial charge in [0.15, 0.2) is 5.78 Å². The summed E-state index contributed by atoms with van der Waals surface area (Å²) in [7, 11) is 0. The monoisotopic (exact) mass is 464 g/mol. The molecule has 5 rings (SSSR count). The second-order valence-corrected chi connectivity index (χ2v) is 9.24. The predicted molar refractivity (Wildman–Crippen MR) is 120 cm³/mol. The lowest BCUT2D eigenvalue weighted by Crippen LogP contribution is -2.26. The Morgan fingerprint density at radius 3 is 2.45 bits per heavy atom. The van der Waals surface area contributed by atoms with E-state index in [2.05, 4.69) is 15.9 Å². The zero-order chi connectivity index (χ0) is 20.0. The van der Waals surface area contributed by atoms with Crippen LogP contribution in [0.15, 0.2) is 65.5 Å². The Morgan fingerprint density at radius 1 is 1.03 bits per heavy atom. The number of benzene rings is 2. The van der Waals surface area contributed by atoms with Gasteiger partial charge in [-0.2, -0.15) is 0 Å². The number of carbonyl (C=O) groups is 1. The molecule has 1 aliphatic carbocycles. The fraction of sp³-hybridized carbons (Fsp3) is 0.174. The lowest BCUT2D eigenvalue weighted by molar-refractivity contribution is 0.0986. The molecule has 1 unspecified atom stereocenters. The zero-order valence-corrected chi connectivity index (χ0v) is 17.9. The van der Waals surface area contributed by atoms with Crippen LogP contribution in [0.5, 0.6) is 0 Å². The molecule has 29 heavy (non-hydrogen) atoms. The van der Waals surface area contributed by atoms with Gasteiger partial charge in [0.05, 0.1) is 21.6 Å². The van der Waals surface area contributed by atoms with E-state index in [4.69, 9.17) is 4.98 Å². The summed E-state index contributed by atoms with van der Waals surface area (Å²) >= 11 is 4.81. The minimum Gasteiger partial charge on any atom is -0.292 e.